The minimum Gasteiger partial charge on any atom is -0.506 e. The molecule has 2 aromatic carbocycles. The van der Waals surface area contributed by atoms with Gasteiger partial charge in [-0.2, -0.15) is 0 Å². The van der Waals surface area contributed by atoms with E-state index in [-0.39, 0.29) is 22.1 Å². The first-order chi connectivity index (χ1) is 11.3. The number of aryl methyl sites for hydroxylation is 1. The topological polar surface area (TPSA) is 92.7 Å². The molecule has 0 bridgehead atoms. The number of carbonyl (C=O) groups is 1. The number of methoxy groups -OCH3 is 1. The van der Waals surface area contributed by atoms with Gasteiger partial charge in [0.15, 0.2) is 9.84 Å². The maximum atomic E-state index is 12.3. The molecule has 2 aromatic rings. The summed E-state index contributed by atoms with van der Waals surface area (Å²) in [5.41, 5.74) is 1.25. The highest BCUT2D eigenvalue weighted by molar-refractivity contribution is 7.91. The van der Waals surface area contributed by atoms with Crippen LogP contribution in [0.3, 0.4) is 0 Å². The molecule has 24 heavy (non-hydrogen) atoms. The number of rotatable bonds is 5. The van der Waals surface area contributed by atoms with Crippen molar-refractivity contribution in [1.82, 2.24) is 0 Å². The lowest BCUT2D eigenvalue weighted by molar-refractivity contribution is 0.102. The number of hydrogen-bond acceptors (Lipinski definition) is 5. The van der Waals surface area contributed by atoms with Crippen LogP contribution in [0.2, 0.25) is 0 Å². The van der Waals surface area contributed by atoms with E-state index in [1.54, 1.807) is 18.2 Å². The van der Waals surface area contributed by atoms with Crippen LogP contribution in [-0.4, -0.2) is 32.3 Å². The monoisotopic (exact) mass is 349 g/mol. The fraction of sp³-hybridized carbons (Fsp3) is 0.235. The summed E-state index contributed by atoms with van der Waals surface area (Å²) in [5.74, 6) is -0.193. The summed E-state index contributed by atoms with van der Waals surface area (Å²) in [5, 5.41) is 12.4. The Kier molecular flexibility index (Phi) is 5.14. The summed E-state index contributed by atoms with van der Waals surface area (Å²) < 4.78 is 29.0. The molecule has 0 saturated carbocycles. The molecule has 0 heterocycles. The summed E-state index contributed by atoms with van der Waals surface area (Å²) in [6, 6.07) is 8.74. The van der Waals surface area contributed by atoms with Gasteiger partial charge < -0.3 is 15.2 Å². The maximum absolute atomic E-state index is 12.3. The zero-order valence-corrected chi connectivity index (χ0v) is 14.5. The SMILES string of the molecule is CCS(=O)(=O)c1ccc(O)c(NC(=O)c2ccc(C)c(OC)c2)c1. The number of carbonyl (C=O) groups excluding carboxylic acids is 1. The Balaban J connectivity index is 2.34. The number of benzene rings is 2. The standard InChI is InChI=1S/C17H19NO5S/c1-4-24(21,22)13-7-8-15(19)14(10-13)18-17(20)12-6-5-11(2)16(9-12)23-3/h5-10,19H,4H2,1-3H3,(H,18,20). The molecule has 0 fully saturated rings. The smallest absolute Gasteiger partial charge is 0.255 e. The Bertz CT molecular complexity index is 875. The maximum Gasteiger partial charge on any atom is 0.255 e. The third kappa shape index (κ3) is 3.68. The summed E-state index contributed by atoms with van der Waals surface area (Å²) >= 11 is 0. The fourth-order valence-corrected chi connectivity index (χ4v) is 3.04. The molecule has 6 nitrogen and oxygen atoms in total. The molecular formula is C17H19NO5S. The normalized spacial score (nSPS) is 11.1. The van der Waals surface area contributed by atoms with Gasteiger partial charge in [-0.25, -0.2) is 8.42 Å². The lowest BCUT2D eigenvalue weighted by Crippen LogP contribution is -2.13. The second-order valence-corrected chi connectivity index (χ2v) is 7.50. The molecule has 0 aliphatic carbocycles. The minimum atomic E-state index is -3.44. The highest BCUT2D eigenvalue weighted by Crippen LogP contribution is 2.28. The highest BCUT2D eigenvalue weighted by atomic mass is 32.2. The molecule has 0 unspecified atom stereocenters. The molecule has 0 saturated heterocycles. The number of anilines is 1. The number of sulfone groups is 1. The number of aromatic hydroxyl groups is 1. The van der Waals surface area contributed by atoms with Crippen LogP contribution in [0.5, 0.6) is 11.5 Å². The van der Waals surface area contributed by atoms with Crippen molar-refractivity contribution in [2.45, 2.75) is 18.7 Å². The van der Waals surface area contributed by atoms with E-state index < -0.39 is 15.7 Å². The highest BCUT2D eigenvalue weighted by Gasteiger charge is 2.16. The summed E-state index contributed by atoms with van der Waals surface area (Å²) in [7, 11) is -1.93. The third-order valence-electron chi connectivity index (χ3n) is 3.63. The largest absolute Gasteiger partial charge is 0.506 e. The summed E-state index contributed by atoms with van der Waals surface area (Å²) in [6.45, 7) is 3.38. The van der Waals surface area contributed by atoms with Crippen molar-refractivity contribution in [3.63, 3.8) is 0 Å². The zero-order valence-electron chi connectivity index (χ0n) is 13.7. The van der Waals surface area contributed by atoms with Gasteiger partial charge in [-0.3, -0.25) is 4.79 Å². The summed E-state index contributed by atoms with van der Waals surface area (Å²) in [4.78, 5) is 12.4. The second-order valence-electron chi connectivity index (χ2n) is 5.22. The molecule has 1 amide bonds. The molecule has 2 N–H and O–H groups in total. The molecular weight excluding hydrogens is 330 g/mol. The fourth-order valence-electron chi connectivity index (χ4n) is 2.13. The number of phenolic OH excluding ortho intramolecular Hbond substituents is 1. The van der Waals surface area contributed by atoms with Crippen LogP contribution in [0.1, 0.15) is 22.8 Å². The molecule has 0 aliphatic rings. The summed E-state index contributed by atoms with van der Waals surface area (Å²) in [6.07, 6.45) is 0. The van der Waals surface area contributed by atoms with Gasteiger partial charge in [-0.05, 0) is 42.8 Å². The number of amides is 1. The lowest BCUT2D eigenvalue weighted by Gasteiger charge is -2.11. The van der Waals surface area contributed by atoms with Gasteiger partial charge in [0.25, 0.3) is 5.91 Å². The van der Waals surface area contributed by atoms with Crippen LogP contribution in [0.15, 0.2) is 41.3 Å². The Morgan fingerprint density at radius 1 is 1.21 bits per heavy atom. The average Bonchev–Trinajstić information content (AvgIpc) is 2.57. The minimum absolute atomic E-state index is 0.0362. The van der Waals surface area contributed by atoms with E-state index in [9.17, 15) is 18.3 Å². The molecule has 2 rings (SSSR count). The predicted molar refractivity (Wildman–Crippen MR) is 91.5 cm³/mol. The first-order valence-electron chi connectivity index (χ1n) is 7.30. The van der Waals surface area contributed by atoms with E-state index in [1.807, 2.05) is 6.92 Å². The van der Waals surface area contributed by atoms with Crippen molar-refractivity contribution in [1.29, 1.82) is 0 Å². The van der Waals surface area contributed by atoms with Gasteiger partial charge in [-0.1, -0.05) is 13.0 Å². The Hall–Kier alpha value is -2.54. The molecule has 128 valence electrons. The van der Waals surface area contributed by atoms with Crippen molar-refractivity contribution in [2.24, 2.45) is 0 Å². The zero-order chi connectivity index (χ0) is 17.9. The van der Waals surface area contributed by atoms with Crippen LogP contribution in [-0.2, 0) is 9.84 Å². The Morgan fingerprint density at radius 2 is 1.92 bits per heavy atom. The van der Waals surface area contributed by atoms with Crippen molar-refractivity contribution in [2.75, 3.05) is 18.2 Å². The number of phenols is 1. The molecule has 0 aliphatic heterocycles. The van der Waals surface area contributed by atoms with Gasteiger partial charge in [0.05, 0.1) is 23.4 Å². The number of ether oxygens (including phenoxy) is 1. The van der Waals surface area contributed by atoms with Gasteiger partial charge >= 0.3 is 0 Å². The van der Waals surface area contributed by atoms with Crippen LogP contribution in [0.25, 0.3) is 0 Å². The van der Waals surface area contributed by atoms with Gasteiger partial charge in [0.1, 0.15) is 11.5 Å². The van der Waals surface area contributed by atoms with Gasteiger partial charge in [0, 0.05) is 5.56 Å². The van der Waals surface area contributed by atoms with E-state index >= 15 is 0 Å². The van der Waals surface area contributed by atoms with Crippen LogP contribution in [0, 0.1) is 6.92 Å². The molecule has 0 radical (unpaired) electrons. The van der Waals surface area contributed by atoms with Gasteiger partial charge in [0.2, 0.25) is 0 Å². The van der Waals surface area contributed by atoms with E-state index in [2.05, 4.69) is 5.32 Å². The van der Waals surface area contributed by atoms with Gasteiger partial charge in [-0.15, -0.1) is 0 Å². The molecule has 0 atom stereocenters. The first kappa shape index (κ1) is 17.8. The number of hydrogen-bond donors (Lipinski definition) is 2. The third-order valence-corrected chi connectivity index (χ3v) is 5.36. The van der Waals surface area contributed by atoms with E-state index in [0.717, 1.165) is 5.56 Å². The van der Waals surface area contributed by atoms with Crippen LogP contribution >= 0.6 is 0 Å². The molecule has 0 spiro atoms. The van der Waals surface area contributed by atoms with E-state index in [4.69, 9.17) is 4.74 Å². The van der Waals surface area contributed by atoms with Crippen LogP contribution < -0.4 is 10.1 Å². The Morgan fingerprint density at radius 3 is 2.54 bits per heavy atom. The first-order valence-corrected chi connectivity index (χ1v) is 8.95. The molecule has 0 aromatic heterocycles. The quantitative estimate of drug-likeness (QED) is 0.810. The predicted octanol–water partition coefficient (Wildman–Crippen LogP) is 2.76. The Labute approximate surface area is 141 Å². The van der Waals surface area contributed by atoms with Crippen molar-refractivity contribution in [3.8, 4) is 11.5 Å². The van der Waals surface area contributed by atoms with Crippen molar-refractivity contribution in [3.05, 3.63) is 47.5 Å². The lowest BCUT2D eigenvalue weighted by atomic mass is 10.1. The average molecular weight is 349 g/mol. The van der Waals surface area contributed by atoms with E-state index in [0.29, 0.717) is 11.3 Å². The molecule has 7 heteroatoms. The number of nitrogens with one attached hydrogen (secondary N) is 1. The van der Waals surface area contributed by atoms with Crippen molar-refractivity contribution >= 4 is 21.4 Å². The van der Waals surface area contributed by atoms with Crippen LogP contribution in [0.4, 0.5) is 5.69 Å². The second kappa shape index (κ2) is 6.92. The van der Waals surface area contributed by atoms with Crippen molar-refractivity contribution < 1.29 is 23.1 Å². The van der Waals surface area contributed by atoms with E-state index in [1.165, 1.54) is 32.2 Å².